The van der Waals surface area contributed by atoms with Crippen LogP contribution < -0.4 is 5.32 Å². The highest BCUT2D eigenvalue weighted by Crippen LogP contribution is 2.22. The van der Waals surface area contributed by atoms with Crippen LogP contribution in [0.25, 0.3) is 0 Å². The molecule has 1 fully saturated rings. The lowest BCUT2D eigenvalue weighted by molar-refractivity contribution is 0.0651. The van der Waals surface area contributed by atoms with Crippen molar-refractivity contribution in [2.75, 3.05) is 59.9 Å². The number of aliphatic imine (C=N–C) groups is 2. The van der Waals surface area contributed by atoms with E-state index in [1.54, 1.807) is 6.92 Å². The first-order valence-corrected chi connectivity index (χ1v) is 11.8. The third-order valence-corrected chi connectivity index (χ3v) is 6.30. The van der Waals surface area contributed by atoms with Crippen LogP contribution in [-0.4, -0.2) is 103 Å². The number of aromatic nitrogens is 1. The van der Waals surface area contributed by atoms with Crippen molar-refractivity contribution >= 4 is 17.6 Å². The molecule has 33 heavy (non-hydrogen) atoms. The number of carbonyl (C=O) groups excluding carboxylic acids is 1. The van der Waals surface area contributed by atoms with E-state index in [1.807, 2.05) is 11.8 Å². The fourth-order valence-corrected chi connectivity index (χ4v) is 4.45. The summed E-state index contributed by atoms with van der Waals surface area (Å²) in [5, 5.41) is 7.46. The van der Waals surface area contributed by atoms with Crippen molar-refractivity contribution in [1.29, 1.82) is 0 Å². The topological polar surface area (TPSA) is 89.6 Å². The van der Waals surface area contributed by atoms with Gasteiger partial charge in [-0.3, -0.25) is 14.7 Å². The summed E-state index contributed by atoms with van der Waals surface area (Å²) in [7, 11) is 4.18. The maximum Gasteiger partial charge on any atom is 0.259 e. The van der Waals surface area contributed by atoms with E-state index in [2.05, 4.69) is 52.6 Å². The van der Waals surface area contributed by atoms with E-state index in [0.717, 1.165) is 50.7 Å². The van der Waals surface area contributed by atoms with Crippen LogP contribution in [0.15, 0.2) is 38.3 Å². The SMILES string of the molecule is Cc1noc(C)c1C(=O)N1CCN(CC2=NC3CC=CC=C3C(NCCCN(C)C)=N2)CC1. The molecular formula is C24H35N7O2. The minimum Gasteiger partial charge on any atom is -0.370 e. The lowest BCUT2D eigenvalue weighted by Crippen LogP contribution is -2.50. The Morgan fingerprint density at radius 3 is 2.73 bits per heavy atom. The smallest absolute Gasteiger partial charge is 0.259 e. The van der Waals surface area contributed by atoms with E-state index >= 15 is 0 Å². The minimum absolute atomic E-state index is 0.00640. The number of fused-ring (bicyclic) bond motifs is 1. The first kappa shape index (κ1) is 23.4. The zero-order valence-corrected chi connectivity index (χ0v) is 20.2. The molecule has 1 atom stereocenters. The molecule has 3 heterocycles. The molecule has 0 aromatic carbocycles. The molecule has 0 saturated carbocycles. The summed E-state index contributed by atoms with van der Waals surface area (Å²) < 4.78 is 5.17. The Kier molecular flexibility index (Phi) is 7.39. The molecule has 178 valence electrons. The first-order valence-electron chi connectivity index (χ1n) is 11.8. The van der Waals surface area contributed by atoms with Crippen LogP contribution in [0, 0.1) is 13.8 Å². The quantitative estimate of drug-likeness (QED) is 0.632. The summed E-state index contributed by atoms with van der Waals surface area (Å²) in [5.41, 5.74) is 2.43. The van der Waals surface area contributed by atoms with Crippen molar-refractivity contribution in [2.24, 2.45) is 9.98 Å². The van der Waals surface area contributed by atoms with Crippen LogP contribution in [-0.2, 0) is 0 Å². The zero-order chi connectivity index (χ0) is 23.4. The van der Waals surface area contributed by atoms with Gasteiger partial charge in [-0.2, -0.15) is 0 Å². The lowest BCUT2D eigenvalue weighted by atomic mass is 9.97. The summed E-state index contributed by atoms with van der Waals surface area (Å²) in [4.78, 5) is 29.1. The highest BCUT2D eigenvalue weighted by Gasteiger charge is 2.29. The van der Waals surface area contributed by atoms with Gasteiger partial charge in [0.25, 0.3) is 5.91 Å². The highest BCUT2D eigenvalue weighted by molar-refractivity contribution is 6.09. The zero-order valence-electron chi connectivity index (χ0n) is 20.2. The minimum atomic E-state index is 0.00640. The van der Waals surface area contributed by atoms with Gasteiger partial charge in [-0.15, -0.1) is 0 Å². The third-order valence-electron chi connectivity index (χ3n) is 6.30. The van der Waals surface area contributed by atoms with Gasteiger partial charge in [0.1, 0.15) is 23.0 Å². The Bertz CT molecular complexity index is 961. The van der Waals surface area contributed by atoms with Gasteiger partial charge in [-0.25, -0.2) is 4.99 Å². The van der Waals surface area contributed by atoms with Gasteiger partial charge >= 0.3 is 0 Å². The average Bonchev–Trinajstić information content (AvgIpc) is 3.14. The van der Waals surface area contributed by atoms with Crippen molar-refractivity contribution < 1.29 is 9.32 Å². The first-order chi connectivity index (χ1) is 15.9. The fraction of sp³-hybridized carbons (Fsp3) is 0.583. The number of allylic oxidation sites excluding steroid dienone is 2. The van der Waals surface area contributed by atoms with E-state index in [1.165, 1.54) is 5.57 Å². The van der Waals surface area contributed by atoms with Crippen molar-refractivity contribution in [3.63, 3.8) is 0 Å². The van der Waals surface area contributed by atoms with Crippen LogP contribution in [0.5, 0.6) is 0 Å². The predicted molar refractivity (Wildman–Crippen MR) is 130 cm³/mol. The molecule has 4 rings (SSSR count). The molecule has 1 unspecified atom stereocenters. The molecule has 1 amide bonds. The van der Waals surface area contributed by atoms with E-state index in [4.69, 9.17) is 14.5 Å². The molecule has 1 saturated heterocycles. The average molecular weight is 454 g/mol. The van der Waals surface area contributed by atoms with Crippen molar-refractivity contribution in [2.45, 2.75) is 32.7 Å². The molecule has 0 bridgehead atoms. The van der Waals surface area contributed by atoms with Crippen molar-refractivity contribution in [3.8, 4) is 0 Å². The second-order valence-corrected chi connectivity index (χ2v) is 9.16. The monoisotopic (exact) mass is 453 g/mol. The number of hydrogen-bond acceptors (Lipinski definition) is 8. The third kappa shape index (κ3) is 5.59. The van der Waals surface area contributed by atoms with Crippen LogP contribution in [0.2, 0.25) is 0 Å². The Labute approximate surface area is 195 Å². The summed E-state index contributed by atoms with van der Waals surface area (Å²) in [6.07, 6.45) is 8.37. The molecular weight excluding hydrogens is 418 g/mol. The summed E-state index contributed by atoms with van der Waals surface area (Å²) >= 11 is 0. The van der Waals surface area contributed by atoms with Gasteiger partial charge in [-0.1, -0.05) is 23.4 Å². The van der Waals surface area contributed by atoms with Gasteiger partial charge in [-0.05, 0) is 47.3 Å². The number of rotatable bonds is 7. The summed E-state index contributed by atoms with van der Waals surface area (Å²) in [6, 6.07) is 0.140. The molecule has 0 spiro atoms. The molecule has 9 nitrogen and oxygen atoms in total. The van der Waals surface area contributed by atoms with Crippen LogP contribution in [0.3, 0.4) is 0 Å². The Morgan fingerprint density at radius 2 is 2.03 bits per heavy atom. The normalized spacial score (nSPS) is 20.9. The molecule has 1 aromatic rings. The number of hydrogen-bond donors (Lipinski definition) is 1. The number of aryl methyl sites for hydroxylation is 2. The Hall–Kier alpha value is -2.78. The number of nitrogens with one attached hydrogen (secondary N) is 1. The van der Waals surface area contributed by atoms with Crippen LogP contribution in [0.4, 0.5) is 0 Å². The van der Waals surface area contributed by atoms with E-state index in [0.29, 0.717) is 36.7 Å². The van der Waals surface area contributed by atoms with Gasteiger partial charge < -0.3 is 19.6 Å². The largest absolute Gasteiger partial charge is 0.370 e. The van der Waals surface area contributed by atoms with E-state index in [-0.39, 0.29) is 11.9 Å². The van der Waals surface area contributed by atoms with Gasteiger partial charge in [0.15, 0.2) is 0 Å². The molecule has 1 N–H and O–H groups in total. The van der Waals surface area contributed by atoms with Crippen LogP contribution in [0.1, 0.15) is 34.7 Å². The molecule has 0 radical (unpaired) electrons. The van der Waals surface area contributed by atoms with Gasteiger partial charge in [0, 0.05) is 38.3 Å². The van der Waals surface area contributed by atoms with E-state index in [9.17, 15) is 4.79 Å². The van der Waals surface area contributed by atoms with Crippen LogP contribution >= 0.6 is 0 Å². The van der Waals surface area contributed by atoms with Gasteiger partial charge in [0.05, 0.1) is 18.3 Å². The molecule has 3 aliphatic rings. The number of nitrogens with zero attached hydrogens (tertiary/aromatic N) is 6. The summed E-state index contributed by atoms with van der Waals surface area (Å²) in [5.74, 6) is 2.42. The fourth-order valence-electron chi connectivity index (χ4n) is 4.45. The van der Waals surface area contributed by atoms with Gasteiger partial charge in [0.2, 0.25) is 0 Å². The number of amides is 1. The second-order valence-electron chi connectivity index (χ2n) is 9.16. The number of amidine groups is 2. The Morgan fingerprint density at radius 1 is 1.24 bits per heavy atom. The maximum absolute atomic E-state index is 12.9. The maximum atomic E-state index is 12.9. The summed E-state index contributed by atoms with van der Waals surface area (Å²) in [6.45, 7) is 9.17. The van der Waals surface area contributed by atoms with E-state index < -0.39 is 0 Å². The number of piperazine rings is 1. The molecule has 9 heteroatoms. The van der Waals surface area contributed by atoms with Crippen molar-refractivity contribution in [1.82, 2.24) is 25.2 Å². The standard InChI is InChI=1S/C24H35N7O2/c1-17-22(18(2)33-28-17)24(32)31-14-12-30(13-15-31)16-21-26-20-9-6-5-8-19(20)23(27-21)25-10-7-11-29(3)4/h5-6,8,20H,7,9-16H2,1-4H3,(H,25,26,27). The molecule has 1 aromatic heterocycles. The van der Waals surface area contributed by atoms with Crippen molar-refractivity contribution in [3.05, 3.63) is 40.8 Å². The number of carbonyl (C=O) groups is 1. The second kappa shape index (κ2) is 10.4. The molecule has 1 aliphatic carbocycles. The molecule has 2 aliphatic heterocycles. The highest BCUT2D eigenvalue weighted by atomic mass is 16.5. The predicted octanol–water partition coefficient (Wildman–Crippen LogP) is 1.66. The Balaban J connectivity index is 1.35. The lowest BCUT2D eigenvalue weighted by Gasteiger charge is -2.35.